The van der Waals surface area contributed by atoms with Gasteiger partial charge < -0.3 is 10.4 Å². The Bertz CT molecular complexity index is 752. The molecular weight excluding hydrogens is 342 g/mol. The van der Waals surface area contributed by atoms with E-state index in [2.05, 4.69) is 10.3 Å². The molecule has 1 amide bonds. The third-order valence-electron chi connectivity index (χ3n) is 5.00. The van der Waals surface area contributed by atoms with E-state index in [-0.39, 0.29) is 24.9 Å². The minimum absolute atomic E-state index is 0.0135. The van der Waals surface area contributed by atoms with Crippen molar-refractivity contribution in [3.05, 3.63) is 66.0 Å². The Labute approximate surface area is 159 Å². The Hall–Kier alpha value is -2.73. The second-order valence-corrected chi connectivity index (χ2v) is 6.86. The lowest BCUT2D eigenvalue weighted by molar-refractivity contribution is -0.145. The molecule has 1 aromatic carbocycles. The van der Waals surface area contributed by atoms with Crippen molar-refractivity contribution in [1.82, 2.24) is 15.2 Å². The molecule has 1 aromatic heterocycles. The normalized spacial score (nSPS) is 18.6. The summed E-state index contributed by atoms with van der Waals surface area (Å²) in [4.78, 5) is 30.3. The van der Waals surface area contributed by atoms with Crippen molar-refractivity contribution in [3.8, 4) is 0 Å². The van der Waals surface area contributed by atoms with Crippen LogP contribution in [0.4, 0.5) is 0 Å². The van der Waals surface area contributed by atoms with Crippen molar-refractivity contribution in [2.75, 3.05) is 13.1 Å². The highest BCUT2D eigenvalue weighted by atomic mass is 16.4. The fraction of sp³-hybridized carbons (Fsp3) is 0.381. The van der Waals surface area contributed by atoms with Crippen LogP contribution in [0, 0.1) is 0 Å². The van der Waals surface area contributed by atoms with Crippen LogP contribution in [0.5, 0.6) is 0 Å². The molecule has 1 saturated heterocycles. The van der Waals surface area contributed by atoms with Crippen LogP contribution in [0.15, 0.2) is 54.9 Å². The first-order chi connectivity index (χ1) is 13.1. The minimum atomic E-state index is -0.911. The topological polar surface area (TPSA) is 82.5 Å². The van der Waals surface area contributed by atoms with Gasteiger partial charge in [-0.1, -0.05) is 42.8 Å². The number of benzene rings is 1. The van der Waals surface area contributed by atoms with Crippen LogP contribution >= 0.6 is 0 Å². The number of hydrogen-bond acceptors (Lipinski definition) is 4. The molecule has 6 heteroatoms. The highest BCUT2D eigenvalue weighted by Gasteiger charge is 2.34. The van der Waals surface area contributed by atoms with Crippen molar-refractivity contribution in [2.24, 2.45) is 0 Å². The van der Waals surface area contributed by atoms with E-state index in [4.69, 9.17) is 0 Å². The molecule has 1 aliphatic heterocycles. The molecule has 1 aliphatic rings. The number of carboxylic acids is 1. The molecule has 27 heavy (non-hydrogen) atoms. The lowest BCUT2D eigenvalue weighted by Gasteiger charge is -2.39. The molecule has 0 spiro atoms. The van der Waals surface area contributed by atoms with Gasteiger partial charge in [0.15, 0.2) is 0 Å². The first kappa shape index (κ1) is 19.0. The number of pyridine rings is 1. The molecule has 0 bridgehead atoms. The molecule has 2 aromatic rings. The SMILES string of the molecule is O=C(Cc1ccccc1)NCC(C(=O)O)N1CCCCC1c1cccnc1. The number of nitrogens with zero attached hydrogens (tertiary/aromatic N) is 2. The van der Waals surface area contributed by atoms with Gasteiger partial charge in [0.05, 0.1) is 6.42 Å². The Morgan fingerprint density at radius 1 is 1.19 bits per heavy atom. The number of carbonyl (C=O) groups excluding carboxylic acids is 1. The predicted octanol–water partition coefficient (Wildman–Crippen LogP) is 2.42. The lowest BCUT2D eigenvalue weighted by Crippen LogP contribution is -2.51. The summed E-state index contributed by atoms with van der Waals surface area (Å²) in [7, 11) is 0. The second kappa shape index (κ2) is 9.28. The summed E-state index contributed by atoms with van der Waals surface area (Å²) in [5.74, 6) is -1.08. The van der Waals surface area contributed by atoms with E-state index in [1.165, 1.54) is 0 Å². The van der Waals surface area contributed by atoms with Crippen LogP contribution in [0.1, 0.15) is 36.4 Å². The summed E-state index contributed by atoms with van der Waals surface area (Å²) in [5, 5.41) is 12.6. The Kier molecular flexibility index (Phi) is 6.54. The zero-order valence-electron chi connectivity index (χ0n) is 15.3. The number of piperidine rings is 1. The minimum Gasteiger partial charge on any atom is -0.480 e. The van der Waals surface area contributed by atoms with E-state index >= 15 is 0 Å². The molecule has 3 rings (SSSR count). The van der Waals surface area contributed by atoms with Crippen LogP contribution in [0.25, 0.3) is 0 Å². The van der Waals surface area contributed by atoms with E-state index in [0.29, 0.717) is 6.54 Å². The van der Waals surface area contributed by atoms with Gasteiger partial charge in [-0.3, -0.25) is 19.5 Å². The smallest absolute Gasteiger partial charge is 0.322 e. The fourth-order valence-corrected chi connectivity index (χ4v) is 3.66. The van der Waals surface area contributed by atoms with Gasteiger partial charge in [0, 0.05) is 25.0 Å². The summed E-state index contributed by atoms with van der Waals surface area (Å²) in [6, 6.07) is 12.6. The van der Waals surface area contributed by atoms with Crippen LogP contribution in [0.2, 0.25) is 0 Å². The number of carboxylic acid groups (broad SMARTS) is 1. The summed E-state index contributed by atoms with van der Waals surface area (Å²) >= 11 is 0. The van der Waals surface area contributed by atoms with Gasteiger partial charge in [-0.05, 0) is 36.6 Å². The number of hydrogen-bond donors (Lipinski definition) is 2. The molecule has 2 atom stereocenters. The lowest BCUT2D eigenvalue weighted by atomic mass is 9.94. The molecule has 0 saturated carbocycles. The van der Waals surface area contributed by atoms with Gasteiger partial charge in [0.2, 0.25) is 5.91 Å². The molecule has 2 unspecified atom stereocenters. The van der Waals surface area contributed by atoms with Crippen LogP contribution in [-0.2, 0) is 16.0 Å². The zero-order valence-corrected chi connectivity index (χ0v) is 15.3. The first-order valence-electron chi connectivity index (χ1n) is 9.34. The fourth-order valence-electron chi connectivity index (χ4n) is 3.66. The van der Waals surface area contributed by atoms with Gasteiger partial charge in [0.1, 0.15) is 6.04 Å². The van der Waals surface area contributed by atoms with Gasteiger partial charge >= 0.3 is 5.97 Å². The molecule has 6 nitrogen and oxygen atoms in total. The van der Waals surface area contributed by atoms with Crippen molar-refractivity contribution < 1.29 is 14.7 Å². The molecule has 0 radical (unpaired) electrons. The number of likely N-dealkylation sites (tertiary alicyclic amines) is 1. The van der Waals surface area contributed by atoms with Crippen molar-refractivity contribution in [2.45, 2.75) is 37.8 Å². The van der Waals surface area contributed by atoms with Crippen LogP contribution < -0.4 is 5.32 Å². The number of rotatable bonds is 7. The third kappa shape index (κ3) is 5.14. The number of carbonyl (C=O) groups is 2. The van der Waals surface area contributed by atoms with Crippen molar-refractivity contribution in [3.63, 3.8) is 0 Å². The maximum absolute atomic E-state index is 12.2. The van der Waals surface area contributed by atoms with E-state index in [1.54, 1.807) is 12.4 Å². The maximum Gasteiger partial charge on any atom is 0.322 e. The number of aliphatic carboxylic acids is 1. The maximum atomic E-state index is 12.2. The number of amides is 1. The molecule has 2 N–H and O–H groups in total. The molecule has 2 heterocycles. The van der Waals surface area contributed by atoms with Crippen molar-refractivity contribution in [1.29, 1.82) is 0 Å². The van der Waals surface area contributed by atoms with Crippen molar-refractivity contribution >= 4 is 11.9 Å². The average Bonchev–Trinajstić information content (AvgIpc) is 2.70. The zero-order chi connectivity index (χ0) is 19.1. The molecule has 1 fully saturated rings. The van der Waals surface area contributed by atoms with Gasteiger partial charge in [-0.2, -0.15) is 0 Å². The summed E-state index contributed by atoms with van der Waals surface area (Å²) in [6.07, 6.45) is 6.68. The highest BCUT2D eigenvalue weighted by molar-refractivity contribution is 5.80. The molecular formula is C21H25N3O3. The molecule has 142 valence electrons. The summed E-state index contributed by atoms with van der Waals surface area (Å²) in [6.45, 7) is 0.794. The Morgan fingerprint density at radius 3 is 2.70 bits per heavy atom. The van der Waals surface area contributed by atoms with E-state index in [9.17, 15) is 14.7 Å². The number of nitrogens with one attached hydrogen (secondary N) is 1. The van der Waals surface area contributed by atoms with Crippen LogP contribution in [0.3, 0.4) is 0 Å². The van der Waals surface area contributed by atoms with E-state index < -0.39 is 12.0 Å². The number of aromatic nitrogens is 1. The highest BCUT2D eigenvalue weighted by Crippen LogP contribution is 2.32. The quantitative estimate of drug-likeness (QED) is 0.785. The first-order valence-corrected chi connectivity index (χ1v) is 9.34. The Morgan fingerprint density at radius 2 is 2.00 bits per heavy atom. The third-order valence-corrected chi connectivity index (χ3v) is 5.00. The second-order valence-electron chi connectivity index (χ2n) is 6.86. The standard InChI is InChI=1S/C21H25N3O3/c25-20(13-16-7-2-1-3-8-16)23-15-19(21(26)27)24-12-5-4-10-18(24)17-9-6-11-22-14-17/h1-3,6-9,11,14,18-19H,4-5,10,12-13,15H2,(H,23,25)(H,26,27). The summed E-state index contributed by atoms with van der Waals surface area (Å²) in [5.41, 5.74) is 1.94. The predicted molar refractivity (Wildman–Crippen MR) is 102 cm³/mol. The molecule has 0 aliphatic carbocycles. The largest absolute Gasteiger partial charge is 0.480 e. The summed E-state index contributed by atoms with van der Waals surface area (Å²) < 4.78 is 0. The van der Waals surface area contributed by atoms with Gasteiger partial charge in [-0.15, -0.1) is 0 Å². The van der Waals surface area contributed by atoms with Gasteiger partial charge in [-0.25, -0.2) is 0 Å². The monoisotopic (exact) mass is 367 g/mol. The van der Waals surface area contributed by atoms with Crippen LogP contribution in [-0.4, -0.2) is 46.0 Å². The van der Waals surface area contributed by atoms with Gasteiger partial charge in [0.25, 0.3) is 0 Å². The van der Waals surface area contributed by atoms with E-state index in [0.717, 1.165) is 30.4 Å². The Balaban J connectivity index is 1.66. The average molecular weight is 367 g/mol. The van der Waals surface area contributed by atoms with E-state index in [1.807, 2.05) is 47.4 Å².